The number of Topliss-reactive ketones (excluding diaryl/α,β-unsaturated/α-hetero) is 1. The van der Waals surface area contributed by atoms with E-state index >= 15 is 0 Å². The molecule has 1 aromatic rings. The van der Waals surface area contributed by atoms with E-state index in [4.69, 9.17) is 4.74 Å². The average Bonchev–Trinajstić information content (AvgIpc) is 2.45. The van der Waals surface area contributed by atoms with Crippen molar-refractivity contribution in [1.82, 2.24) is 0 Å². The highest BCUT2D eigenvalue weighted by molar-refractivity contribution is 6.08. The Morgan fingerprint density at radius 1 is 1.24 bits per heavy atom. The normalized spacial score (nSPS) is 11.9. The molecule has 1 rings (SSSR count). The summed E-state index contributed by atoms with van der Waals surface area (Å²) in [7, 11) is 1.48. The maximum absolute atomic E-state index is 12.7. The van der Waals surface area contributed by atoms with E-state index in [0.29, 0.717) is 11.3 Å². The molecule has 0 spiro atoms. The van der Waals surface area contributed by atoms with Gasteiger partial charge in [0, 0.05) is 0 Å². The molecule has 0 aliphatic heterocycles. The van der Waals surface area contributed by atoms with Crippen molar-refractivity contribution in [3.63, 3.8) is 0 Å². The molecule has 7 heteroatoms. The zero-order valence-corrected chi connectivity index (χ0v) is 11.0. The highest BCUT2D eigenvalue weighted by Gasteiger charge is 2.48. The predicted octanol–water partition coefficient (Wildman–Crippen LogP) is 3.14. The number of rotatable bonds is 7. The number of allylic oxidation sites excluding steroid dienone is 1. The lowest BCUT2D eigenvalue weighted by Crippen LogP contribution is -2.37. The van der Waals surface area contributed by atoms with Gasteiger partial charge in [-0.25, -0.2) is 8.78 Å². The molecule has 21 heavy (non-hydrogen) atoms. The smallest absolute Gasteiger partial charge is 0.364 e. The predicted molar refractivity (Wildman–Crippen MR) is 67.6 cm³/mol. The summed E-state index contributed by atoms with van der Waals surface area (Å²) >= 11 is 0. The third-order valence-corrected chi connectivity index (χ3v) is 2.56. The molecule has 0 aromatic heterocycles. The Kier molecular flexibility index (Phi) is 5.63. The van der Waals surface area contributed by atoms with Gasteiger partial charge in [-0.1, -0.05) is 18.2 Å². The molecular weight excluding hydrogens is 292 g/mol. The van der Waals surface area contributed by atoms with Gasteiger partial charge in [0.1, 0.15) is 5.75 Å². The summed E-state index contributed by atoms with van der Waals surface area (Å²) in [6.07, 6.45) is -3.22. The largest absolute Gasteiger partial charge is 0.497 e. The topological polar surface area (TPSA) is 43.4 Å². The number of benzene rings is 1. The number of halogens is 4. The van der Waals surface area contributed by atoms with Crippen molar-refractivity contribution in [3.05, 3.63) is 35.9 Å². The minimum absolute atomic E-state index is 0.567. The van der Waals surface area contributed by atoms with Crippen molar-refractivity contribution < 1.29 is 31.9 Å². The molecule has 0 saturated heterocycles. The lowest BCUT2D eigenvalue weighted by atomic mass is 10.1. The van der Waals surface area contributed by atoms with Crippen molar-refractivity contribution in [2.75, 3.05) is 7.11 Å². The summed E-state index contributed by atoms with van der Waals surface area (Å²) in [4.78, 5) is 22.2. The molecule has 0 atom stereocenters. The van der Waals surface area contributed by atoms with Crippen LogP contribution < -0.4 is 4.74 Å². The molecule has 0 heterocycles. The van der Waals surface area contributed by atoms with Crippen molar-refractivity contribution in [3.8, 4) is 5.75 Å². The SMILES string of the molecule is COc1ccc(/C=C/C(=O)CC(=O)C(F)(F)C(F)F)cc1. The summed E-state index contributed by atoms with van der Waals surface area (Å²) in [6, 6.07) is 6.41. The zero-order chi connectivity index (χ0) is 16.0. The van der Waals surface area contributed by atoms with Gasteiger partial charge in [0.25, 0.3) is 0 Å². The van der Waals surface area contributed by atoms with Gasteiger partial charge in [0.05, 0.1) is 13.5 Å². The molecule has 0 saturated carbocycles. The number of methoxy groups -OCH3 is 1. The standard InChI is InChI=1S/C14H12F4O3/c1-21-11-6-3-9(4-7-11)2-5-10(19)8-12(20)14(17,18)13(15)16/h2-7,13H,8H2,1H3/b5-2+. The molecule has 0 N–H and O–H groups in total. The second kappa shape index (κ2) is 7.01. The highest BCUT2D eigenvalue weighted by atomic mass is 19.3. The van der Waals surface area contributed by atoms with Crippen molar-refractivity contribution in [2.24, 2.45) is 0 Å². The maximum Gasteiger partial charge on any atom is 0.364 e. The van der Waals surface area contributed by atoms with Crippen LogP contribution in [0.5, 0.6) is 5.75 Å². The number of hydrogen-bond acceptors (Lipinski definition) is 3. The fourth-order valence-electron chi connectivity index (χ4n) is 1.36. The van der Waals surface area contributed by atoms with Crippen molar-refractivity contribution in [1.29, 1.82) is 0 Å². The molecule has 0 fully saturated rings. The first-order valence-corrected chi connectivity index (χ1v) is 5.81. The quantitative estimate of drug-likeness (QED) is 0.441. The van der Waals surface area contributed by atoms with Crippen molar-refractivity contribution in [2.45, 2.75) is 18.8 Å². The number of ether oxygens (including phenoxy) is 1. The molecule has 114 valence electrons. The van der Waals surface area contributed by atoms with E-state index in [1.165, 1.54) is 13.2 Å². The Hall–Kier alpha value is -2.18. The van der Waals surface area contributed by atoms with Crippen LogP contribution >= 0.6 is 0 Å². The van der Waals surface area contributed by atoms with Crippen LogP contribution in [0.3, 0.4) is 0 Å². The van der Waals surface area contributed by atoms with Gasteiger partial charge in [-0.05, 0) is 23.8 Å². The van der Waals surface area contributed by atoms with Gasteiger partial charge < -0.3 is 4.74 Å². The third-order valence-electron chi connectivity index (χ3n) is 2.56. The molecule has 3 nitrogen and oxygen atoms in total. The van der Waals surface area contributed by atoms with Gasteiger partial charge >= 0.3 is 12.3 Å². The van der Waals surface area contributed by atoms with Crippen LogP contribution in [0.2, 0.25) is 0 Å². The van der Waals surface area contributed by atoms with E-state index in [9.17, 15) is 27.2 Å². The van der Waals surface area contributed by atoms with Crippen molar-refractivity contribution >= 4 is 17.6 Å². The third kappa shape index (κ3) is 4.70. The van der Waals surface area contributed by atoms with Gasteiger partial charge in [-0.2, -0.15) is 8.78 Å². The maximum atomic E-state index is 12.7. The Morgan fingerprint density at radius 3 is 2.29 bits per heavy atom. The zero-order valence-electron chi connectivity index (χ0n) is 11.0. The Morgan fingerprint density at radius 2 is 1.81 bits per heavy atom. The summed E-state index contributed by atoms with van der Waals surface area (Å²) in [5, 5.41) is 0. The van der Waals surface area contributed by atoms with E-state index in [-0.39, 0.29) is 0 Å². The first kappa shape index (κ1) is 16.9. The van der Waals surface area contributed by atoms with Crippen LogP contribution in [-0.2, 0) is 9.59 Å². The Labute approximate surface area is 118 Å². The van der Waals surface area contributed by atoms with Gasteiger partial charge in [0.15, 0.2) is 5.78 Å². The average molecular weight is 304 g/mol. The van der Waals surface area contributed by atoms with Crippen LogP contribution in [0.1, 0.15) is 12.0 Å². The lowest BCUT2D eigenvalue weighted by Gasteiger charge is -2.12. The summed E-state index contributed by atoms with van der Waals surface area (Å²) < 4.78 is 54.1. The summed E-state index contributed by atoms with van der Waals surface area (Å²) in [5.41, 5.74) is 0.567. The number of carbonyl (C=O) groups is 2. The highest BCUT2D eigenvalue weighted by Crippen LogP contribution is 2.25. The first-order chi connectivity index (χ1) is 9.77. The monoisotopic (exact) mass is 304 g/mol. The van der Waals surface area contributed by atoms with Crippen LogP contribution in [0.4, 0.5) is 17.6 Å². The number of hydrogen-bond donors (Lipinski definition) is 0. The summed E-state index contributed by atoms with van der Waals surface area (Å²) in [5.74, 6) is -7.29. The van der Waals surface area contributed by atoms with Crippen LogP contribution in [-0.4, -0.2) is 31.0 Å². The molecule has 0 amide bonds. The Balaban J connectivity index is 2.64. The molecule has 0 bridgehead atoms. The molecule has 0 aliphatic rings. The fourth-order valence-corrected chi connectivity index (χ4v) is 1.36. The molecule has 0 radical (unpaired) electrons. The van der Waals surface area contributed by atoms with E-state index < -0.39 is 30.3 Å². The number of ketones is 2. The molecule has 0 aliphatic carbocycles. The minimum atomic E-state index is -4.80. The number of carbonyl (C=O) groups excluding carboxylic acids is 2. The Bertz CT molecular complexity index is 536. The van der Waals surface area contributed by atoms with E-state index in [1.807, 2.05) is 0 Å². The molecule has 1 aromatic carbocycles. The van der Waals surface area contributed by atoms with Gasteiger partial charge in [-0.3, -0.25) is 9.59 Å². The molecular formula is C14H12F4O3. The first-order valence-electron chi connectivity index (χ1n) is 5.81. The second-order valence-electron chi connectivity index (χ2n) is 4.10. The summed E-state index contributed by atoms with van der Waals surface area (Å²) in [6.45, 7) is 0. The lowest BCUT2D eigenvalue weighted by molar-refractivity contribution is -0.167. The fraction of sp³-hybridized carbons (Fsp3) is 0.286. The van der Waals surface area contributed by atoms with Crippen LogP contribution in [0, 0.1) is 0 Å². The second-order valence-corrected chi connectivity index (χ2v) is 4.10. The van der Waals surface area contributed by atoms with Crippen LogP contribution in [0.25, 0.3) is 6.08 Å². The van der Waals surface area contributed by atoms with E-state index in [0.717, 1.165) is 6.08 Å². The van der Waals surface area contributed by atoms with Gasteiger partial charge in [-0.15, -0.1) is 0 Å². The van der Waals surface area contributed by atoms with E-state index in [2.05, 4.69) is 0 Å². The molecule has 0 unspecified atom stereocenters. The van der Waals surface area contributed by atoms with E-state index in [1.54, 1.807) is 24.3 Å². The minimum Gasteiger partial charge on any atom is -0.497 e. The van der Waals surface area contributed by atoms with Crippen LogP contribution in [0.15, 0.2) is 30.3 Å². The van der Waals surface area contributed by atoms with Gasteiger partial charge in [0.2, 0.25) is 5.78 Å². The number of alkyl halides is 4.